The van der Waals surface area contributed by atoms with E-state index in [4.69, 9.17) is 9.46 Å². The van der Waals surface area contributed by atoms with Gasteiger partial charge in [0.1, 0.15) is 6.29 Å². The topological polar surface area (TPSA) is 52.6 Å². The van der Waals surface area contributed by atoms with E-state index in [9.17, 15) is 9.59 Å². The second kappa shape index (κ2) is 7.21. The normalized spacial score (nSPS) is 11.1. The zero-order valence-electron chi connectivity index (χ0n) is 11.6. The molecule has 1 rings (SSSR count). The van der Waals surface area contributed by atoms with Crippen LogP contribution in [-0.2, 0) is 9.46 Å². The van der Waals surface area contributed by atoms with Gasteiger partial charge in [-0.25, -0.2) is 9.37 Å². The third kappa shape index (κ3) is 5.36. The summed E-state index contributed by atoms with van der Waals surface area (Å²) in [5.74, 6) is -0.555. The summed E-state index contributed by atoms with van der Waals surface area (Å²) in [6.45, 7) is 6.14. The van der Waals surface area contributed by atoms with E-state index in [-0.39, 0.29) is 0 Å². The summed E-state index contributed by atoms with van der Waals surface area (Å²) in [7, 11) is -1.95. The fourth-order valence-corrected chi connectivity index (χ4v) is 3.17. The van der Waals surface area contributed by atoms with Crippen LogP contribution in [0.5, 0.6) is 0 Å². The summed E-state index contributed by atoms with van der Waals surface area (Å²) in [5.41, 5.74) is 0.766. The van der Waals surface area contributed by atoms with Crippen LogP contribution in [0.15, 0.2) is 24.3 Å². The average Bonchev–Trinajstić information content (AvgIpc) is 2.43. The van der Waals surface area contributed by atoms with Crippen LogP contribution in [0.4, 0.5) is 0 Å². The molecule has 1 aromatic rings. The van der Waals surface area contributed by atoms with Gasteiger partial charge in [0, 0.05) is 5.56 Å². The van der Waals surface area contributed by atoms with Crippen molar-refractivity contribution in [3.8, 4) is 0 Å². The highest BCUT2D eigenvalue weighted by Gasteiger charge is 2.26. The van der Waals surface area contributed by atoms with Crippen molar-refractivity contribution in [1.82, 2.24) is 0 Å². The minimum atomic E-state index is -1.95. The fourth-order valence-electron chi connectivity index (χ4n) is 1.58. The highest BCUT2D eigenvalue weighted by Crippen LogP contribution is 2.16. The van der Waals surface area contributed by atoms with Crippen molar-refractivity contribution in [2.45, 2.75) is 38.9 Å². The molecule has 0 bridgehead atoms. The summed E-state index contributed by atoms with van der Waals surface area (Å²) in [4.78, 5) is 27.3. The number of carbonyl (C=O) groups excluding carboxylic acids is 2. The van der Waals surface area contributed by atoms with E-state index in [1.165, 1.54) is 6.07 Å². The van der Waals surface area contributed by atoms with E-state index in [1.54, 1.807) is 18.2 Å². The summed E-state index contributed by atoms with van der Waals surface area (Å²) >= 11 is 0. The van der Waals surface area contributed by atoms with Crippen LogP contribution < -0.4 is 0 Å². The van der Waals surface area contributed by atoms with Crippen molar-refractivity contribution in [2.75, 3.05) is 0 Å². The third-order valence-electron chi connectivity index (χ3n) is 2.73. The van der Waals surface area contributed by atoms with Crippen LogP contribution in [0, 0.1) is 0 Å². The van der Waals surface area contributed by atoms with Gasteiger partial charge in [0.15, 0.2) is 0 Å². The molecule has 1 aromatic carbocycles. The van der Waals surface area contributed by atoms with Gasteiger partial charge in [0.25, 0.3) is 0 Å². The number of unbranched alkanes of at least 4 members (excludes halogenated alkanes) is 1. The largest absolute Gasteiger partial charge is 0.371 e. The van der Waals surface area contributed by atoms with Gasteiger partial charge in [0.2, 0.25) is 8.32 Å². The van der Waals surface area contributed by atoms with Gasteiger partial charge < -0.3 is 4.89 Å². The van der Waals surface area contributed by atoms with E-state index < -0.39 is 14.3 Å². The molecule has 104 valence electrons. The van der Waals surface area contributed by atoms with E-state index in [0.29, 0.717) is 17.4 Å². The highest BCUT2D eigenvalue weighted by atomic mass is 28.4. The van der Waals surface area contributed by atoms with E-state index in [1.807, 2.05) is 13.1 Å². The standard InChI is InChI=1S/C14H20O4Si/c1-4-5-9-19(2,3)18-17-14(16)13-8-6-7-12(10-13)11-15/h6-8,10-11H,4-5,9H2,1-3H3. The molecule has 0 spiro atoms. The molecule has 0 saturated heterocycles. The molecule has 5 heteroatoms. The molecule has 0 unspecified atom stereocenters. The quantitative estimate of drug-likeness (QED) is 0.331. The summed E-state index contributed by atoms with van der Waals surface area (Å²) < 4.78 is 5.32. The Morgan fingerprint density at radius 3 is 2.74 bits per heavy atom. The lowest BCUT2D eigenvalue weighted by atomic mass is 10.1. The maximum Gasteiger partial charge on any atom is 0.371 e. The number of hydrogen-bond donors (Lipinski definition) is 0. The Kier molecular flexibility index (Phi) is 5.91. The van der Waals surface area contributed by atoms with Crippen molar-refractivity contribution >= 4 is 20.6 Å². The molecular formula is C14H20O4Si. The van der Waals surface area contributed by atoms with Crippen LogP contribution in [0.25, 0.3) is 0 Å². The zero-order chi connectivity index (χ0) is 14.3. The minimum Gasteiger partial charge on any atom is -0.305 e. The minimum absolute atomic E-state index is 0.324. The van der Waals surface area contributed by atoms with Gasteiger partial charge in [-0.05, 0) is 31.3 Å². The van der Waals surface area contributed by atoms with Gasteiger partial charge in [0.05, 0.1) is 5.56 Å². The average molecular weight is 280 g/mol. The Hall–Kier alpha value is -1.46. The molecule has 0 aliphatic rings. The molecule has 0 amide bonds. The summed E-state index contributed by atoms with van der Waals surface area (Å²) in [6, 6.07) is 7.30. The molecule has 0 heterocycles. The van der Waals surface area contributed by atoms with Gasteiger partial charge in [-0.15, -0.1) is 0 Å². The lowest BCUT2D eigenvalue weighted by Crippen LogP contribution is -2.31. The Morgan fingerprint density at radius 1 is 1.37 bits per heavy atom. The van der Waals surface area contributed by atoms with Crippen LogP contribution in [0.3, 0.4) is 0 Å². The molecule has 0 aliphatic carbocycles. The van der Waals surface area contributed by atoms with Crippen LogP contribution in [-0.4, -0.2) is 20.6 Å². The van der Waals surface area contributed by atoms with Gasteiger partial charge in [-0.3, -0.25) is 4.79 Å². The van der Waals surface area contributed by atoms with Gasteiger partial charge in [-0.1, -0.05) is 31.9 Å². The molecule has 0 N–H and O–H groups in total. The van der Waals surface area contributed by atoms with E-state index >= 15 is 0 Å². The van der Waals surface area contributed by atoms with Crippen LogP contribution in [0.1, 0.15) is 40.5 Å². The predicted octanol–water partition coefficient (Wildman–Crippen LogP) is 3.59. The van der Waals surface area contributed by atoms with Gasteiger partial charge >= 0.3 is 5.97 Å². The molecule has 0 aliphatic heterocycles. The summed E-state index contributed by atoms with van der Waals surface area (Å²) in [6.07, 6.45) is 2.85. The van der Waals surface area contributed by atoms with Gasteiger partial charge in [-0.2, -0.15) is 0 Å². The number of carbonyl (C=O) groups is 2. The van der Waals surface area contributed by atoms with Crippen molar-refractivity contribution in [2.24, 2.45) is 0 Å². The van der Waals surface area contributed by atoms with Crippen LogP contribution >= 0.6 is 0 Å². The molecule has 0 atom stereocenters. The number of hydrogen-bond acceptors (Lipinski definition) is 4. The fraction of sp³-hybridized carbons (Fsp3) is 0.429. The molecule has 0 saturated carbocycles. The summed E-state index contributed by atoms with van der Waals surface area (Å²) in [5, 5.41) is 0. The van der Waals surface area contributed by atoms with Crippen molar-refractivity contribution in [3.63, 3.8) is 0 Å². The van der Waals surface area contributed by atoms with E-state index in [2.05, 4.69) is 6.92 Å². The van der Waals surface area contributed by atoms with Crippen molar-refractivity contribution in [1.29, 1.82) is 0 Å². The maximum absolute atomic E-state index is 11.8. The first-order chi connectivity index (χ1) is 8.98. The first-order valence-corrected chi connectivity index (χ1v) is 9.55. The second-order valence-corrected chi connectivity index (χ2v) is 9.25. The number of aldehydes is 1. The first kappa shape index (κ1) is 15.6. The first-order valence-electron chi connectivity index (χ1n) is 6.44. The molecule has 0 aromatic heterocycles. The maximum atomic E-state index is 11.8. The monoisotopic (exact) mass is 280 g/mol. The Labute approximate surface area is 114 Å². The lowest BCUT2D eigenvalue weighted by Gasteiger charge is -2.19. The zero-order valence-corrected chi connectivity index (χ0v) is 12.6. The molecule has 0 radical (unpaired) electrons. The van der Waals surface area contributed by atoms with Crippen molar-refractivity contribution < 1.29 is 19.1 Å². The number of benzene rings is 1. The van der Waals surface area contributed by atoms with Crippen molar-refractivity contribution in [3.05, 3.63) is 35.4 Å². The Balaban J connectivity index is 2.57. The van der Waals surface area contributed by atoms with E-state index in [0.717, 1.165) is 18.9 Å². The molecule has 4 nitrogen and oxygen atoms in total. The van der Waals surface area contributed by atoms with Crippen LogP contribution in [0.2, 0.25) is 19.1 Å². The Morgan fingerprint density at radius 2 is 2.11 bits per heavy atom. The molecule has 0 fully saturated rings. The predicted molar refractivity (Wildman–Crippen MR) is 75.5 cm³/mol. The number of rotatable bonds is 7. The Bertz CT molecular complexity index is 443. The SMILES string of the molecule is CCCC[Si](C)(C)OOC(=O)c1cccc(C=O)c1. The second-order valence-electron chi connectivity index (χ2n) is 5.06. The highest BCUT2D eigenvalue weighted by molar-refractivity contribution is 6.70. The lowest BCUT2D eigenvalue weighted by molar-refractivity contribution is -0.160. The smallest absolute Gasteiger partial charge is 0.305 e. The molecular weight excluding hydrogens is 260 g/mol. The molecule has 19 heavy (non-hydrogen) atoms. The third-order valence-corrected chi connectivity index (χ3v) is 4.83.